The average molecular weight is 466 g/mol. The summed E-state index contributed by atoms with van der Waals surface area (Å²) >= 11 is 0. The molecule has 32 heavy (non-hydrogen) atoms. The van der Waals surface area contributed by atoms with Crippen molar-refractivity contribution in [3.05, 3.63) is 24.0 Å². The third-order valence-corrected chi connectivity index (χ3v) is 9.42. The average Bonchev–Trinajstić information content (AvgIpc) is 3.05. The Kier molecular flexibility index (Phi) is 5.30. The Hall–Kier alpha value is -2.36. The molecule has 1 saturated carbocycles. The van der Waals surface area contributed by atoms with Crippen LogP contribution >= 0.6 is 0 Å². The molecule has 3 aliphatic heterocycles. The first-order valence-corrected chi connectivity index (χ1v) is 13.1. The highest BCUT2D eigenvalue weighted by atomic mass is 32.2. The van der Waals surface area contributed by atoms with Crippen LogP contribution in [0.3, 0.4) is 0 Å². The largest absolute Gasteiger partial charge is 0.442 e. The number of piperidine rings is 1. The molecule has 1 aromatic carbocycles. The molecule has 10 heteroatoms. The first kappa shape index (κ1) is 21.5. The number of amides is 2. The monoisotopic (exact) mass is 465 g/mol. The molecule has 0 bridgehead atoms. The Morgan fingerprint density at radius 1 is 1.22 bits per heavy atom. The van der Waals surface area contributed by atoms with E-state index in [9.17, 15) is 22.4 Å². The van der Waals surface area contributed by atoms with E-state index in [-0.39, 0.29) is 41.8 Å². The molecule has 3 saturated heterocycles. The second kappa shape index (κ2) is 7.90. The maximum Gasteiger partial charge on any atom is 0.414 e. The van der Waals surface area contributed by atoms with E-state index in [0.717, 1.165) is 32.1 Å². The lowest BCUT2D eigenvalue weighted by Gasteiger charge is -2.47. The summed E-state index contributed by atoms with van der Waals surface area (Å²) in [4.78, 5) is 27.6. The van der Waals surface area contributed by atoms with Crippen molar-refractivity contribution < 1.29 is 27.1 Å². The topological polar surface area (TPSA) is 96.0 Å². The zero-order valence-electron chi connectivity index (χ0n) is 17.9. The lowest BCUT2D eigenvalue weighted by molar-refractivity contribution is -0.127. The van der Waals surface area contributed by atoms with Gasteiger partial charge in [0.15, 0.2) is 9.84 Å². The molecular weight excluding hydrogens is 437 g/mol. The summed E-state index contributed by atoms with van der Waals surface area (Å²) in [5, 5.41) is 2.84. The molecule has 1 aromatic rings. The fourth-order valence-corrected chi connectivity index (χ4v) is 7.55. The summed E-state index contributed by atoms with van der Waals surface area (Å²) in [7, 11) is -2.88. The molecule has 0 radical (unpaired) electrons. The van der Waals surface area contributed by atoms with Crippen LogP contribution in [-0.2, 0) is 19.4 Å². The summed E-state index contributed by atoms with van der Waals surface area (Å²) in [5.74, 6) is 0.143. The van der Waals surface area contributed by atoms with Crippen LogP contribution in [0.5, 0.6) is 0 Å². The van der Waals surface area contributed by atoms with Gasteiger partial charge >= 0.3 is 6.09 Å². The van der Waals surface area contributed by atoms with Crippen LogP contribution in [0.25, 0.3) is 0 Å². The molecule has 4 aliphatic rings. The molecule has 2 amide bonds. The second-order valence-corrected chi connectivity index (χ2v) is 11.7. The van der Waals surface area contributed by atoms with E-state index in [2.05, 4.69) is 5.32 Å². The van der Waals surface area contributed by atoms with E-state index >= 15 is 0 Å². The number of ether oxygens (including phenoxy) is 1. The fraction of sp³-hybridized carbons (Fsp3) is 0.636. The molecule has 1 atom stereocenters. The number of benzene rings is 1. The number of cyclic esters (lactones) is 1. The second-order valence-electron chi connectivity index (χ2n) is 9.64. The summed E-state index contributed by atoms with van der Waals surface area (Å²) in [6.07, 6.45) is 3.35. The first-order valence-electron chi connectivity index (χ1n) is 11.2. The van der Waals surface area contributed by atoms with Gasteiger partial charge in [-0.15, -0.1) is 0 Å². The van der Waals surface area contributed by atoms with Crippen LogP contribution < -0.4 is 15.1 Å². The van der Waals surface area contributed by atoms with Crippen LogP contribution in [-0.4, -0.2) is 64.2 Å². The summed E-state index contributed by atoms with van der Waals surface area (Å²) in [5.41, 5.74) is 0.749. The van der Waals surface area contributed by atoms with Crippen molar-refractivity contribution in [1.82, 2.24) is 5.32 Å². The standard InChI is InChI=1S/C22H28FN3O5S/c23-18-10-16(26-12-17(31-21(26)28)11-24-20(27)15-2-1-3-15)4-5-19(18)25-8-6-22(7-9-25)13-32(29,30)14-22/h4-5,10,15,17H,1-3,6-9,11-14H2,(H,24,27)/t17-/m0/s1. The maximum absolute atomic E-state index is 14.9. The maximum atomic E-state index is 14.9. The summed E-state index contributed by atoms with van der Waals surface area (Å²) in [6.45, 7) is 1.73. The van der Waals surface area contributed by atoms with Gasteiger partial charge in [0.25, 0.3) is 0 Å². The minimum absolute atomic E-state index is 0.00366. The van der Waals surface area contributed by atoms with Crippen LogP contribution in [0.2, 0.25) is 0 Å². The molecule has 0 aromatic heterocycles. The van der Waals surface area contributed by atoms with Gasteiger partial charge in [-0.25, -0.2) is 17.6 Å². The highest BCUT2D eigenvalue weighted by molar-refractivity contribution is 7.92. The molecule has 1 spiro atoms. The number of nitrogens with zero attached hydrogens (tertiary/aromatic N) is 2. The van der Waals surface area contributed by atoms with Crippen molar-refractivity contribution in [2.45, 2.75) is 38.2 Å². The number of anilines is 2. The van der Waals surface area contributed by atoms with Gasteiger partial charge in [-0.2, -0.15) is 0 Å². The zero-order valence-corrected chi connectivity index (χ0v) is 18.7. The number of hydrogen-bond donors (Lipinski definition) is 1. The lowest BCUT2D eigenvalue weighted by Crippen LogP contribution is -2.54. The minimum atomic E-state index is -2.88. The van der Waals surface area contributed by atoms with E-state index in [0.29, 0.717) is 24.5 Å². The van der Waals surface area contributed by atoms with E-state index < -0.39 is 27.9 Å². The molecule has 5 rings (SSSR count). The van der Waals surface area contributed by atoms with Crippen molar-refractivity contribution in [3.63, 3.8) is 0 Å². The van der Waals surface area contributed by atoms with Gasteiger partial charge < -0.3 is 15.0 Å². The quantitative estimate of drug-likeness (QED) is 0.715. The number of rotatable bonds is 5. The Balaban J connectivity index is 1.18. The minimum Gasteiger partial charge on any atom is -0.442 e. The zero-order chi connectivity index (χ0) is 22.5. The first-order chi connectivity index (χ1) is 15.2. The molecule has 1 N–H and O–H groups in total. The molecular formula is C22H28FN3O5S. The van der Waals surface area contributed by atoms with Gasteiger partial charge in [-0.05, 0) is 43.9 Å². The Morgan fingerprint density at radius 2 is 1.94 bits per heavy atom. The van der Waals surface area contributed by atoms with Crippen LogP contribution in [0.1, 0.15) is 32.1 Å². The number of halogens is 1. The van der Waals surface area contributed by atoms with Crippen molar-refractivity contribution in [2.24, 2.45) is 11.3 Å². The van der Waals surface area contributed by atoms with E-state index in [1.165, 1.54) is 11.0 Å². The van der Waals surface area contributed by atoms with Gasteiger partial charge in [0.1, 0.15) is 11.9 Å². The SMILES string of the molecule is O=C(NC[C@H]1CN(c2ccc(N3CCC4(CC3)CS(=O)(=O)C4)c(F)c2)C(=O)O1)C1CCC1. The van der Waals surface area contributed by atoms with Gasteiger partial charge in [-0.1, -0.05) is 6.42 Å². The molecule has 0 unspecified atom stereocenters. The van der Waals surface area contributed by atoms with Crippen LogP contribution in [0, 0.1) is 17.2 Å². The van der Waals surface area contributed by atoms with Crippen LogP contribution in [0.4, 0.5) is 20.6 Å². The third-order valence-electron chi connectivity index (χ3n) is 7.31. The molecule has 174 valence electrons. The Bertz CT molecular complexity index is 1020. The third kappa shape index (κ3) is 4.04. The highest BCUT2D eigenvalue weighted by Gasteiger charge is 2.49. The fourth-order valence-electron chi connectivity index (χ4n) is 5.19. The number of carbonyl (C=O) groups excluding carboxylic acids is 2. The van der Waals surface area contributed by atoms with Crippen LogP contribution in [0.15, 0.2) is 18.2 Å². The number of hydrogen-bond acceptors (Lipinski definition) is 6. The molecule has 1 aliphatic carbocycles. The Morgan fingerprint density at radius 3 is 2.53 bits per heavy atom. The highest BCUT2D eigenvalue weighted by Crippen LogP contribution is 2.43. The van der Waals surface area contributed by atoms with E-state index in [4.69, 9.17) is 4.74 Å². The number of nitrogens with one attached hydrogen (secondary N) is 1. The Labute approximate surface area is 187 Å². The summed E-state index contributed by atoms with van der Waals surface area (Å²) in [6, 6.07) is 4.70. The molecule has 3 heterocycles. The van der Waals surface area contributed by atoms with Gasteiger partial charge in [0, 0.05) is 24.4 Å². The lowest BCUT2D eigenvalue weighted by atomic mass is 9.81. The smallest absolute Gasteiger partial charge is 0.414 e. The van der Waals surface area contributed by atoms with Crippen molar-refractivity contribution in [3.8, 4) is 0 Å². The normalized spacial score (nSPS) is 26.4. The van der Waals surface area contributed by atoms with E-state index in [1.807, 2.05) is 4.90 Å². The van der Waals surface area contributed by atoms with Crippen molar-refractivity contribution >= 4 is 33.2 Å². The van der Waals surface area contributed by atoms with Crippen molar-refractivity contribution in [2.75, 3.05) is 47.5 Å². The summed E-state index contributed by atoms with van der Waals surface area (Å²) < 4.78 is 43.4. The predicted molar refractivity (Wildman–Crippen MR) is 117 cm³/mol. The van der Waals surface area contributed by atoms with Gasteiger partial charge in [0.05, 0.1) is 36.0 Å². The molecule has 4 fully saturated rings. The van der Waals surface area contributed by atoms with Crippen molar-refractivity contribution in [1.29, 1.82) is 0 Å². The van der Waals surface area contributed by atoms with Gasteiger partial charge in [-0.3, -0.25) is 9.69 Å². The number of carbonyl (C=O) groups is 2. The molecule has 8 nitrogen and oxygen atoms in total. The number of sulfone groups is 1. The van der Waals surface area contributed by atoms with Gasteiger partial charge in [0.2, 0.25) is 5.91 Å². The predicted octanol–water partition coefficient (Wildman–Crippen LogP) is 2.08. The van der Waals surface area contributed by atoms with E-state index in [1.54, 1.807) is 12.1 Å².